The number of aromatic nitrogens is 4. The van der Waals surface area contributed by atoms with Crippen molar-refractivity contribution in [3.8, 4) is 11.4 Å². The molecule has 0 aliphatic heterocycles. The second kappa shape index (κ2) is 5.99. The van der Waals surface area contributed by atoms with E-state index in [4.69, 9.17) is 16.3 Å². The Morgan fingerprint density at radius 1 is 1.42 bits per heavy atom. The van der Waals surface area contributed by atoms with Gasteiger partial charge in [0.2, 0.25) is 0 Å². The summed E-state index contributed by atoms with van der Waals surface area (Å²) in [7, 11) is 1.58. The highest BCUT2D eigenvalue weighted by atomic mass is 35.5. The van der Waals surface area contributed by atoms with E-state index in [1.54, 1.807) is 23.9 Å². The van der Waals surface area contributed by atoms with Gasteiger partial charge in [0.15, 0.2) is 5.82 Å². The molecule has 0 saturated carbocycles. The number of rotatable bonds is 5. The third-order valence-corrected chi connectivity index (χ3v) is 2.89. The molecule has 0 atom stereocenters. The summed E-state index contributed by atoms with van der Waals surface area (Å²) in [6, 6.07) is 5.78. The maximum absolute atomic E-state index is 6.00. The largest absolute Gasteiger partial charge is 0.495 e. The highest BCUT2D eigenvalue weighted by Gasteiger charge is 2.10. The van der Waals surface area contributed by atoms with E-state index in [0.29, 0.717) is 23.4 Å². The molecular weight excluding hydrogens is 266 g/mol. The third kappa shape index (κ3) is 3.21. The van der Waals surface area contributed by atoms with Gasteiger partial charge in [0.05, 0.1) is 24.4 Å². The molecule has 0 amide bonds. The minimum atomic E-state index is 0.366. The molecule has 0 spiro atoms. The van der Waals surface area contributed by atoms with Crippen molar-refractivity contribution in [3.63, 3.8) is 0 Å². The fraction of sp³-hybridized carbons (Fsp3) is 0.417. The summed E-state index contributed by atoms with van der Waals surface area (Å²) in [5.74, 6) is 1.33. The van der Waals surface area contributed by atoms with Crippen LogP contribution in [-0.2, 0) is 6.54 Å². The van der Waals surface area contributed by atoms with Gasteiger partial charge in [-0.15, -0.1) is 5.10 Å². The highest BCUT2D eigenvalue weighted by molar-refractivity contribution is 6.32. The molecule has 0 fully saturated rings. The number of nitrogens with zero attached hydrogens (tertiary/aromatic N) is 4. The van der Waals surface area contributed by atoms with E-state index in [1.807, 2.05) is 6.07 Å². The second-order valence-electron chi connectivity index (χ2n) is 4.36. The van der Waals surface area contributed by atoms with Crippen LogP contribution < -0.4 is 10.1 Å². The van der Waals surface area contributed by atoms with E-state index in [2.05, 4.69) is 34.7 Å². The molecule has 0 unspecified atom stereocenters. The van der Waals surface area contributed by atoms with Crippen LogP contribution in [0.5, 0.6) is 5.75 Å². The molecule has 7 heteroatoms. The number of benzene rings is 1. The van der Waals surface area contributed by atoms with Crippen molar-refractivity contribution in [2.75, 3.05) is 7.11 Å². The summed E-state index contributed by atoms with van der Waals surface area (Å²) in [6.07, 6.45) is 0. The fourth-order valence-electron chi connectivity index (χ4n) is 1.59. The molecule has 1 heterocycles. The van der Waals surface area contributed by atoms with Crippen molar-refractivity contribution >= 4 is 11.6 Å². The first-order valence-electron chi connectivity index (χ1n) is 5.96. The molecule has 0 aliphatic carbocycles. The van der Waals surface area contributed by atoms with Gasteiger partial charge in [-0.05, 0) is 22.6 Å². The molecule has 0 radical (unpaired) electrons. The summed E-state index contributed by atoms with van der Waals surface area (Å²) in [6.45, 7) is 4.73. The summed E-state index contributed by atoms with van der Waals surface area (Å²) >= 11 is 6.00. The van der Waals surface area contributed by atoms with Crippen molar-refractivity contribution in [2.45, 2.75) is 26.4 Å². The van der Waals surface area contributed by atoms with Gasteiger partial charge in [-0.3, -0.25) is 0 Å². The third-order valence-electron chi connectivity index (χ3n) is 2.58. The van der Waals surface area contributed by atoms with Gasteiger partial charge >= 0.3 is 0 Å². The Hall–Kier alpha value is -1.66. The van der Waals surface area contributed by atoms with Gasteiger partial charge in [-0.25, -0.2) is 0 Å². The number of halogens is 1. The molecule has 6 nitrogen and oxygen atoms in total. The molecule has 2 aromatic rings. The van der Waals surface area contributed by atoms with E-state index in [-0.39, 0.29) is 0 Å². The summed E-state index contributed by atoms with van der Waals surface area (Å²) in [4.78, 5) is 0. The molecule has 0 aliphatic rings. The van der Waals surface area contributed by atoms with Crippen molar-refractivity contribution < 1.29 is 4.74 Å². The van der Waals surface area contributed by atoms with Gasteiger partial charge in [-0.1, -0.05) is 25.4 Å². The lowest BCUT2D eigenvalue weighted by atomic mass is 10.3. The zero-order valence-corrected chi connectivity index (χ0v) is 11.8. The van der Waals surface area contributed by atoms with Crippen molar-refractivity contribution in [2.24, 2.45) is 0 Å². The van der Waals surface area contributed by atoms with Gasteiger partial charge in [0, 0.05) is 12.1 Å². The Labute approximate surface area is 116 Å². The normalized spacial score (nSPS) is 11.0. The maximum Gasteiger partial charge on any atom is 0.170 e. The van der Waals surface area contributed by atoms with Crippen LogP contribution in [0.3, 0.4) is 0 Å². The highest BCUT2D eigenvalue weighted by Crippen LogP contribution is 2.26. The molecule has 2 rings (SSSR count). The second-order valence-corrected chi connectivity index (χ2v) is 4.77. The van der Waals surface area contributed by atoms with Crippen LogP contribution in [0.15, 0.2) is 18.2 Å². The van der Waals surface area contributed by atoms with Crippen molar-refractivity contribution in [1.29, 1.82) is 0 Å². The van der Waals surface area contributed by atoms with Crippen LogP contribution in [0, 0.1) is 0 Å². The molecule has 1 N–H and O–H groups in total. The van der Waals surface area contributed by atoms with E-state index < -0.39 is 0 Å². The molecular formula is C12H16ClN5O. The van der Waals surface area contributed by atoms with Crippen molar-refractivity contribution in [3.05, 3.63) is 29.0 Å². The van der Waals surface area contributed by atoms with Gasteiger partial charge in [-0.2, -0.15) is 4.68 Å². The number of hydrogen-bond donors (Lipinski definition) is 1. The first-order chi connectivity index (χ1) is 9.11. The van der Waals surface area contributed by atoms with Gasteiger partial charge in [0.1, 0.15) is 5.75 Å². The van der Waals surface area contributed by atoms with Crippen LogP contribution in [0.25, 0.3) is 5.69 Å². The fourth-order valence-corrected chi connectivity index (χ4v) is 1.79. The van der Waals surface area contributed by atoms with Crippen LogP contribution in [0.2, 0.25) is 5.02 Å². The van der Waals surface area contributed by atoms with Crippen molar-refractivity contribution in [1.82, 2.24) is 25.5 Å². The lowest BCUT2D eigenvalue weighted by molar-refractivity contribution is 0.414. The first kappa shape index (κ1) is 13.8. The zero-order chi connectivity index (χ0) is 13.8. The zero-order valence-electron chi connectivity index (χ0n) is 11.1. The topological polar surface area (TPSA) is 64.9 Å². The van der Waals surface area contributed by atoms with Gasteiger partial charge < -0.3 is 10.1 Å². The minimum Gasteiger partial charge on any atom is -0.495 e. The Balaban J connectivity index is 2.29. The average Bonchev–Trinajstić information content (AvgIpc) is 2.85. The van der Waals surface area contributed by atoms with E-state index >= 15 is 0 Å². The maximum atomic E-state index is 6.00. The molecule has 102 valence electrons. The lowest BCUT2D eigenvalue weighted by Crippen LogP contribution is -2.24. The SMILES string of the molecule is COc1cc(-n2nnnc2CNC(C)C)ccc1Cl. The smallest absolute Gasteiger partial charge is 0.170 e. The first-order valence-corrected chi connectivity index (χ1v) is 6.34. The summed E-state index contributed by atoms with van der Waals surface area (Å²) < 4.78 is 6.85. The molecule has 0 bridgehead atoms. The quantitative estimate of drug-likeness (QED) is 0.906. The average molecular weight is 282 g/mol. The summed E-state index contributed by atoms with van der Waals surface area (Å²) in [5, 5.41) is 15.5. The number of tetrazole rings is 1. The Bertz CT molecular complexity index is 555. The molecule has 0 saturated heterocycles. The lowest BCUT2D eigenvalue weighted by Gasteiger charge is -2.10. The minimum absolute atomic E-state index is 0.366. The van der Waals surface area contributed by atoms with Crippen LogP contribution in [0.1, 0.15) is 19.7 Å². The summed E-state index contributed by atoms with van der Waals surface area (Å²) in [5.41, 5.74) is 0.812. The molecule has 1 aromatic carbocycles. The Morgan fingerprint density at radius 3 is 2.89 bits per heavy atom. The standard InChI is InChI=1S/C12H16ClN5O/c1-8(2)14-7-12-15-16-17-18(12)9-4-5-10(13)11(6-9)19-3/h4-6,8,14H,7H2,1-3H3. The number of nitrogens with one attached hydrogen (secondary N) is 1. The van der Waals surface area contributed by atoms with Crippen LogP contribution in [-0.4, -0.2) is 33.4 Å². The van der Waals surface area contributed by atoms with E-state index in [0.717, 1.165) is 11.5 Å². The Kier molecular flexibility index (Phi) is 4.34. The predicted molar refractivity (Wildman–Crippen MR) is 72.7 cm³/mol. The van der Waals surface area contributed by atoms with Crippen LogP contribution in [0.4, 0.5) is 0 Å². The predicted octanol–water partition coefficient (Wildman–Crippen LogP) is 1.82. The Morgan fingerprint density at radius 2 is 2.21 bits per heavy atom. The number of ether oxygens (including phenoxy) is 1. The van der Waals surface area contributed by atoms with Gasteiger partial charge in [0.25, 0.3) is 0 Å². The van der Waals surface area contributed by atoms with E-state index in [9.17, 15) is 0 Å². The van der Waals surface area contributed by atoms with Crippen LogP contribution >= 0.6 is 11.6 Å². The van der Waals surface area contributed by atoms with E-state index in [1.165, 1.54) is 0 Å². The monoisotopic (exact) mass is 281 g/mol. The molecule has 1 aromatic heterocycles. The number of methoxy groups -OCH3 is 1. The number of hydrogen-bond acceptors (Lipinski definition) is 5. The molecule has 19 heavy (non-hydrogen) atoms.